The molecule has 20 heavy (non-hydrogen) atoms. The maximum atomic E-state index is 6.24. The van der Waals surface area contributed by atoms with E-state index in [0.29, 0.717) is 16.5 Å². The lowest BCUT2D eigenvalue weighted by Gasteiger charge is -2.14. The van der Waals surface area contributed by atoms with E-state index >= 15 is 0 Å². The number of nitrogens with one attached hydrogen (secondary N) is 1. The Kier molecular flexibility index (Phi) is 4.98. The number of nitrogens with zero attached hydrogens (tertiary/aromatic N) is 2. The number of aryl methyl sites for hydroxylation is 1. The van der Waals surface area contributed by atoms with Gasteiger partial charge in [-0.05, 0) is 38.1 Å². The number of halogens is 1. The highest BCUT2D eigenvalue weighted by Gasteiger charge is 2.10. The van der Waals surface area contributed by atoms with Crippen LogP contribution in [0.25, 0.3) is 0 Å². The van der Waals surface area contributed by atoms with Gasteiger partial charge in [0.1, 0.15) is 23.7 Å². The molecule has 6 heteroatoms. The van der Waals surface area contributed by atoms with Gasteiger partial charge in [-0.25, -0.2) is 4.63 Å². The van der Waals surface area contributed by atoms with Gasteiger partial charge in [0, 0.05) is 6.04 Å². The molecule has 2 rings (SSSR count). The van der Waals surface area contributed by atoms with Crippen molar-refractivity contribution in [1.29, 1.82) is 0 Å². The van der Waals surface area contributed by atoms with Crippen molar-refractivity contribution in [2.75, 3.05) is 6.54 Å². The fourth-order valence-electron chi connectivity index (χ4n) is 1.85. The predicted molar refractivity (Wildman–Crippen MR) is 76.9 cm³/mol. The Labute approximate surface area is 123 Å². The average molecular weight is 296 g/mol. The van der Waals surface area contributed by atoms with E-state index < -0.39 is 0 Å². The normalized spacial score (nSPS) is 12.4. The van der Waals surface area contributed by atoms with Gasteiger partial charge >= 0.3 is 0 Å². The quantitative estimate of drug-likeness (QED) is 0.886. The number of aromatic nitrogens is 2. The highest BCUT2D eigenvalue weighted by molar-refractivity contribution is 6.32. The standard InChI is InChI=1S/C14H18ClN3O2/c1-4-16-9(2)11-5-6-14(12(15)7-11)19-8-13-10(3)17-20-18-13/h5-7,9,16H,4,8H2,1-3H3. The molecule has 5 nitrogen and oxygen atoms in total. The summed E-state index contributed by atoms with van der Waals surface area (Å²) in [6, 6.07) is 6.04. The van der Waals surface area contributed by atoms with Gasteiger partial charge in [-0.1, -0.05) is 34.9 Å². The average Bonchev–Trinajstić information content (AvgIpc) is 2.83. The van der Waals surface area contributed by atoms with Crippen LogP contribution in [0.1, 0.15) is 36.8 Å². The highest BCUT2D eigenvalue weighted by atomic mass is 35.5. The van der Waals surface area contributed by atoms with Crippen LogP contribution in [-0.4, -0.2) is 16.9 Å². The van der Waals surface area contributed by atoms with Crippen molar-refractivity contribution in [3.63, 3.8) is 0 Å². The van der Waals surface area contributed by atoms with Crippen LogP contribution in [0.2, 0.25) is 5.02 Å². The summed E-state index contributed by atoms with van der Waals surface area (Å²) in [5.74, 6) is 0.626. The molecule has 0 saturated heterocycles. The molecule has 0 saturated carbocycles. The second-order valence-corrected chi connectivity index (χ2v) is 4.96. The first-order valence-corrected chi connectivity index (χ1v) is 6.93. The summed E-state index contributed by atoms with van der Waals surface area (Å²) in [6.07, 6.45) is 0. The molecule has 0 aliphatic carbocycles. The van der Waals surface area contributed by atoms with Crippen LogP contribution in [-0.2, 0) is 6.61 Å². The van der Waals surface area contributed by atoms with Crippen molar-refractivity contribution in [3.05, 3.63) is 40.2 Å². The van der Waals surface area contributed by atoms with Crippen molar-refractivity contribution < 1.29 is 9.37 Å². The van der Waals surface area contributed by atoms with E-state index in [1.165, 1.54) is 0 Å². The molecule has 1 atom stereocenters. The lowest BCUT2D eigenvalue weighted by molar-refractivity contribution is 0.270. The van der Waals surface area contributed by atoms with Crippen LogP contribution in [0, 0.1) is 6.92 Å². The monoisotopic (exact) mass is 295 g/mol. The summed E-state index contributed by atoms with van der Waals surface area (Å²) in [4.78, 5) is 0. The number of hydrogen-bond donors (Lipinski definition) is 1. The number of benzene rings is 1. The zero-order chi connectivity index (χ0) is 14.5. The number of hydrogen-bond acceptors (Lipinski definition) is 5. The van der Waals surface area contributed by atoms with Crippen LogP contribution in [0.4, 0.5) is 0 Å². The first-order chi connectivity index (χ1) is 9.61. The zero-order valence-electron chi connectivity index (χ0n) is 11.8. The Morgan fingerprint density at radius 3 is 2.80 bits per heavy atom. The molecule has 1 heterocycles. The molecule has 0 spiro atoms. The zero-order valence-corrected chi connectivity index (χ0v) is 12.6. The van der Waals surface area contributed by atoms with Crippen molar-refractivity contribution in [3.8, 4) is 5.75 Å². The van der Waals surface area contributed by atoms with Crippen molar-refractivity contribution in [2.24, 2.45) is 0 Å². The van der Waals surface area contributed by atoms with E-state index in [0.717, 1.165) is 17.8 Å². The van der Waals surface area contributed by atoms with E-state index in [1.54, 1.807) is 0 Å². The van der Waals surface area contributed by atoms with Gasteiger partial charge in [-0.3, -0.25) is 0 Å². The maximum Gasteiger partial charge on any atom is 0.145 e. The van der Waals surface area contributed by atoms with Crippen LogP contribution < -0.4 is 10.1 Å². The van der Waals surface area contributed by atoms with E-state index in [9.17, 15) is 0 Å². The highest BCUT2D eigenvalue weighted by Crippen LogP contribution is 2.28. The van der Waals surface area contributed by atoms with Gasteiger partial charge in [0.05, 0.1) is 5.02 Å². The SMILES string of the molecule is CCNC(C)c1ccc(OCc2nonc2C)c(Cl)c1. The first kappa shape index (κ1) is 14.8. The Morgan fingerprint density at radius 2 is 2.20 bits per heavy atom. The Balaban J connectivity index is 2.04. The summed E-state index contributed by atoms with van der Waals surface area (Å²) in [5.41, 5.74) is 2.52. The number of rotatable bonds is 6. The molecule has 0 fully saturated rings. The fourth-order valence-corrected chi connectivity index (χ4v) is 2.10. The van der Waals surface area contributed by atoms with E-state index in [4.69, 9.17) is 16.3 Å². The maximum absolute atomic E-state index is 6.24. The molecule has 1 aromatic heterocycles. The lowest BCUT2D eigenvalue weighted by Crippen LogP contribution is -2.17. The lowest BCUT2D eigenvalue weighted by atomic mass is 10.1. The van der Waals surface area contributed by atoms with Crippen molar-refractivity contribution in [2.45, 2.75) is 33.4 Å². The van der Waals surface area contributed by atoms with Gasteiger partial charge in [-0.15, -0.1) is 0 Å². The summed E-state index contributed by atoms with van der Waals surface area (Å²) >= 11 is 6.24. The summed E-state index contributed by atoms with van der Waals surface area (Å²) in [5, 5.41) is 11.4. The van der Waals surface area contributed by atoms with Gasteiger partial charge in [-0.2, -0.15) is 0 Å². The third-order valence-electron chi connectivity index (χ3n) is 3.08. The minimum Gasteiger partial charge on any atom is -0.486 e. The molecule has 2 aromatic rings. The molecule has 0 amide bonds. The Hall–Kier alpha value is -1.59. The smallest absolute Gasteiger partial charge is 0.145 e. The Bertz CT molecular complexity index is 571. The molecule has 108 valence electrons. The van der Waals surface area contributed by atoms with E-state index in [-0.39, 0.29) is 12.6 Å². The molecule has 1 aromatic carbocycles. The van der Waals surface area contributed by atoms with Gasteiger partial charge in [0.2, 0.25) is 0 Å². The molecular formula is C14H18ClN3O2. The van der Waals surface area contributed by atoms with Crippen LogP contribution in [0.15, 0.2) is 22.8 Å². The first-order valence-electron chi connectivity index (χ1n) is 6.55. The molecule has 0 aliphatic heterocycles. The third-order valence-corrected chi connectivity index (χ3v) is 3.37. The van der Waals surface area contributed by atoms with Gasteiger partial charge < -0.3 is 10.1 Å². The summed E-state index contributed by atoms with van der Waals surface area (Å²) in [6.45, 7) is 7.19. The van der Waals surface area contributed by atoms with Crippen molar-refractivity contribution in [1.82, 2.24) is 15.6 Å². The molecule has 1 unspecified atom stereocenters. The van der Waals surface area contributed by atoms with Crippen LogP contribution >= 0.6 is 11.6 Å². The van der Waals surface area contributed by atoms with Gasteiger partial charge in [0.25, 0.3) is 0 Å². The molecular weight excluding hydrogens is 278 g/mol. The fraction of sp³-hybridized carbons (Fsp3) is 0.429. The van der Waals surface area contributed by atoms with E-state index in [2.05, 4.69) is 34.1 Å². The second-order valence-electron chi connectivity index (χ2n) is 4.55. The minimum atomic E-state index is 0.258. The molecule has 0 bridgehead atoms. The molecule has 1 N–H and O–H groups in total. The van der Waals surface area contributed by atoms with E-state index in [1.807, 2.05) is 25.1 Å². The Morgan fingerprint density at radius 1 is 1.40 bits per heavy atom. The second kappa shape index (κ2) is 6.72. The molecule has 0 aliphatic rings. The minimum absolute atomic E-state index is 0.258. The molecule has 0 radical (unpaired) electrons. The third kappa shape index (κ3) is 3.49. The largest absolute Gasteiger partial charge is 0.486 e. The van der Waals surface area contributed by atoms with Crippen LogP contribution in [0.5, 0.6) is 5.75 Å². The van der Waals surface area contributed by atoms with Crippen molar-refractivity contribution >= 4 is 11.6 Å². The van der Waals surface area contributed by atoms with Gasteiger partial charge in [0.15, 0.2) is 0 Å². The number of ether oxygens (including phenoxy) is 1. The van der Waals surface area contributed by atoms with Crippen LogP contribution in [0.3, 0.4) is 0 Å². The topological polar surface area (TPSA) is 60.2 Å². The summed E-state index contributed by atoms with van der Waals surface area (Å²) < 4.78 is 10.3. The summed E-state index contributed by atoms with van der Waals surface area (Å²) in [7, 11) is 0. The predicted octanol–water partition coefficient (Wildman–Crippen LogP) is 3.28.